The van der Waals surface area contributed by atoms with Crippen LogP contribution in [-0.4, -0.2) is 19.2 Å². The molecule has 0 heterocycles. The zero-order chi connectivity index (χ0) is 12.1. The minimum absolute atomic E-state index is 0.187. The van der Waals surface area contributed by atoms with E-state index in [0.717, 1.165) is 10.0 Å². The van der Waals surface area contributed by atoms with Crippen LogP contribution in [0, 0.1) is 0 Å². The third-order valence-corrected chi connectivity index (χ3v) is 2.78. The van der Waals surface area contributed by atoms with E-state index in [-0.39, 0.29) is 12.1 Å². The Morgan fingerprint density at radius 2 is 2.12 bits per heavy atom. The predicted octanol–water partition coefficient (Wildman–Crippen LogP) is 3.16. The molecule has 0 atom stereocenters. The molecule has 0 aliphatic rings. The Balaban J connectivity index is 2.79. The Kier molecular flexibility index (Phi) is 4.96. The molecule has 0 unspecified atom stereocenters. The number of hydrogen-bond acceptors (Lipinski definition) is 3. The maximum absolute atomic E-state index is 11.3. The van der Waals surface area contributed by atoms with E-state index < -0.39 is 0 Å². The van der Waals surface area contributed by atoms with Crippen LogP contribution in [0.4, 0.5) is 0 Å². The fourth-order valence-electron chi connectivity index (χ4n) is 1.17. The quantitative estimate of drug-likeness (QED) is 0.798. The van der Waals surface area contributed by atoms with Crippen LogP contribution in [0.5, 0.6) is 0 Å². The molecule has 0 aliphatic carbocycles. The summed E-state index contributed by atoms with van der Waals surface area (Å²) in [6.45, 7) is 4.49. The fraction of sp³-hybridized carbons (Fsp3) is 0.417. The molecule has 0 bridgehead atoms. The molecule has 88 valence electrons. The van der Waals surface area contributed by atoms with Crippen LogP contribution in [0.1, 0.15) is 29.8 Å². The maximum atomic E-state index is 11.3. The molecule has 0 fully saturated rings. The largest absolute Gasteiger partial charge is 0.465 e. The number of carbonyl (C=O) groups is 1. The van der Waals surface area contributed by atoms with Crippen molar-refractivity contribution in [2.75, 3.05) is 7.11 Å². The molecule has 0 aromatic heterocycles. The zero-order valence-corrected chi connectivity index (χ0v) is 11.2. The van der Waals surface area contributed by atoms with Gasteiger partial charge in [0, 0.05) is 4.47 Å². The summed E-state index contributed by atoms with van der Waals surface area (Å²) >= 11 is 3.41. The topological polar surface area (TPSA) is 35.5 Å². The highest BCUT2D eigenvalue weighted by molar-refractivity contribution is 9.10. The molecule has 1 aromatic carbocycles. The van der Waals surface area contributed by atoms with Gasteiger partial charge in [-0.3, -0.25) is 0 Å². The summed E-state index contributed by atoms with van der Waals surface area (Å²) in [4.78, 5) is 11.3. The molecule has 0 saturated heterocycles. The fourth-order valence-corrected chi connectivity index (χ4v) is 1.66. The second kappa shape index (κ2) is 6.01. The summed E-state index contributed by atoms with van der Waals surface area (Å²) in [6, 6.07) is 5.33. The lowest BCUT2D eigenvalue weighted by atomic mass is 10.1. The van der Waals surface area contributed by atoms with Gasteiger partial charge in [0.05, 0.1) is 25.4 Å². The van der Waals surface area contributed by atoms with E-state index in [1.54, 1.807) is 12.1 Å². The number of hydrogen-bond donors (Lipinski definition) is 0. The molecule has 1 rings (SSSR count). The monoisotopic (exact) mass is 286 g/mol. The van der Waals surface area contributed by atoms with Gasteiger partial charge in [-0.15, -0.1) is 0 Å². The third-order valence-electron chi connectivity index (χ3n) is 2.05. The number of ether oxygens (including phenoxy) is 2. The lowest BCUT2D eigenvalue weighted by molar-refractivity contribution is 0.0597. The first-order valence-electron chi connectivity index (χ1n) is 5.03. The lowest BCUT2D eigenvalue weighted by Crippen LogP contribution is -2.05. The molecule has 0 aliphatic heterocycles. The number of carbonyl (C=O) groups excluding carboxylic acids is 1. The Morgan fingerprint density at radius 1 is 1.44 bits per heavy atom. The van der Waals surface area contributed by atoms with Crippen molar-refractivity contribution >= 4 is 21.9 Å². The number of halogens is 1. The van der Waals surface area contributed by atoms with E-state index >= 15 is 0 Å². The van der Waals surface area contributed by atoms with Gasteiger partial charge in [-0.1, -0.05) is 22.0 Å². The van der Waals surface area contributed by atoms with Crippen molar-refractivity contribution < 1.29 is 14.3 Å². The van der Waals surface area contributed by atoms with Crippen LogP contribution in [0.15, 0.2) is 22.7 Å². The molecule has 0 saturated carbocycles. The summed E-state index contributed by atoms with van der Waals surface area (Å²) in [5.41, 5.74) is 1.55. The molecular weight excluding hydrogens is 272 g/mol. The van der Waals surface area contributed by atoms with E-state index in [1.165, 1.54) is 7.11 Å². The molecular formula is C12H15BrO3. The molecule has 0 spiro atoms. The van der Waals surface area contributed by atoms with Gasteiger partial charge in [-0.2, -0.15) is 0 Å². The summed E-state index contributed by atoms with van der Waals surface area (Å²) in [5.74, 6) is -0.336. The van der Waals surface area contributed by atoms with E-state index in [2.05, 4.69) is 20.7 Å². The van der Waals surface area contributed by atoms with Crippen molar-refractivity contribution in [2.24, 2.45) is 0 Å². The molecule has 0 N–H and O–H groups in total. The van der Waals surface area contributed by atoms with Gasteiger partial charge in [-0.25, -0.2) is 4.79 Å². The smallest absolute Gasteiger partial charge is 0.337 e. The van der Waals surface area contributed by atoms with Gasteiger partial charge in [0.2, 0.25) is 0 Å². The molecule has 1 aromatic rings. The normalized spacial score (nSPS) is 10.6. The van der Waals surface area contributed by atoms with Crippen LogP contribution in [0.25, 0.3) is 0 Å². The minimum Gasteiger partial charge on any atom is -0.465 e. The van der Waals surface area contributed by atoms with Gasteiger partial charge in [-0.05, 0) is 31.5 Å². The first kappa shape index (κ1) is 13.2. The first-order chi connectivity index (χ1) is 7.54. The van der Waals surface area contributed by atoms with Crippen molar-refractivity contribution in [3.63, 3.8) is 0 Å². The van der Waals surface area contributed by atoms with Crippen molar-refractivity contribution in [3.05, 3.63) is 33.8 Å². The molecule has 16 heavy (non-hydrogen) atoms. The highest BCUT2D eigenvalue weighted by Gasteiger charge is 2.08. The first-order valence-corrected chi connectivity index (χ1v) is 5.82. The van der Waals surface area contributed by atoms with Gasteiger partial charge < -0.3 is 9.47 Å². The van der Waals surface area contributed by atoms with Gasteiger partial charge in [0.1, 0.15) is 0 Å². The van der Waals surface area contributed by atoms with Gasteiger partial charge in [0.25, 0.3) is 0 Å². The Hall–Kier alpha value is -0.870. The van der Waals surface area contributed by atoms with E-state index in [9.17, 15) is 4.79 Å². The number of esters is 1. The van der Waals surface area contributed by atoms with Crippen LogP contribution < -0.4 is 0 Å². The van der Waals surface area contributed by atoms with Crippen molar-refractivity contribution in [3.8, 4) is 0 Å². The van der Waals surface area contributed by atoms with Crippen LogP contribution in [-0.2, 0) is 16.1 Å². The van der Waals surface area contributed by atoms with Crippen molar-refractivity contribution in [1.29, 1.82) is 0 Å². The Bertz CT molecular complexity index is 375. The summed E-state index contributed by atoms with van der Waals surface area (Å²) < 4.78 is 11.0. The number of methoxy groups -OCH3 is 1. The van der Waals surface area contributed by atoms with Crippen molar-refractivity contribution in [1.82, 2.24) is 0 Å². The Labute approximate surface area is 104 Å². The number of benzene rings is 1. The molecule has 4 heteroatoms. The molecule has 3 nitrogen and oxygen atoms in total. The lowest BCUT2D eigenvalue weighted by Gasteiger charge is -2.09. The predicted molar refractivity (Wildman–Crippen MR) is 65.4 cm³/mol. The minimum atomic E-state index is -0.336. The van der Waals surface area contributed by atoms with Gasteiger partial charge in [0.15, 0.2) is 0 Å². The van der Waals surface area contributed by atoms with Crippen molar-refractivity contribution in [2.45, 2.75) is 26.6 Å². The Morgan fingerprint density at radius 3 is 2.62 bits per heavy atom. The SMILES string of the molecule is COC(=O)c1ccc(COC(C)C)c(Br)c1. The highest BCUT2D eigenvalue weighted by atomic mass is 79.9. The maximum Gasteiger partial charge on any atom is 0.337 e. The van der Waals surface area contributed by atoms with Crippen LogP contribution in [0.3, 0.4) is 0 Å². The summed E-state index contributed by atoms with van der Waals surface area (Å²) in [5, 5.41) is 0. The van der Waals surface area contributed by atoms with Crippen LogP contribution >= 0.6 is 15.9 Å². The third kappa shape index (κ3) is 3.61. The summed E-state index contributed by atoms with van der Waals surface area (Å²) in [6.07, 6.45) is 0.187. The average molecular weight is 287 g/mol. The van der Waals surface area contributed by atoms with E-state index in [1.807, 2.05) is 19.9 Å². The van der Waals surface area contributed by atoms with E-state index in [4.69, 9.17) is 4.74 Å². The van der Waals surface area contributed by atoms with Gasteiger partial charge >= 0.3 is 5.97 Å². The van der Waals surface area contributed by atoms with Crippen LogP contribution in [0.2, 0.25) is 0 Å². The standard InChI is InChI=1S/C12H15BrO3/c1-8(2)16-7-10-5-4-9(6-11(10)13)12(14)15-3/h4-6,8H,7H2,1-3H3. The summed E-state index contributed by atoms with van der Waals surface area (Å²) in [7, 11) is 1.37. The second-order valence-electron chi connectivity index (χ2n) is 3.66. The number of rotatable bonds is 4. The highest BCUT2D eigenvalue weighted by Crippen LogP contribution is 2.20. The second-order valence-corrected chi connectivity index (χ2v) is 4.51. The zero-order valence-electron chi connectivity index (χ0n) is 9.62. The molecule has 0 radical (unpaired) electrons. The average Bonchev–Trinajstić information content (AvgIpc) is 2.26. The molecule has 0 amide bonds. The van der Waals surface area contributed by atoms with E-state index in [0.29, 0.717) is 12.2 Å².